The predicted molar refractivity (Wildman–Crippen MR) is 145 cm³/mol. The molecule has 0 bridgehead atoms. The number of nitrogens with zero attached hydrogens (tertiary/aromatic N) is 2. The predicted octanol–water partition coefficient (Wildman–Crippen LogP) is 3.96. The van der Waals surface area contributed by atoms with Crippen LogP contribution in [0.2, 0.25) is 0 Å². The van der Waals surface area contributed by atoms with Crippen molar-refractivity contribution in [3.8, 4) is 11.5 Å². The number of likely N-dealkylation sites (tertiary alicyclic amines) is 1. The van der Waals surface area contributed by atoms with Crippen LogP contribution in [0.3, 0.4) is 0 Å². The monoisotopic (exact) mass is 574 g/mol. The number of aliphatic imine (C=N–C) groups is 1. The third kappa shape index (κ3) is 8.79. The minimum absolute atomic E-state index is 0. The van der Waals surface area contributed by atoms with Crippen LogP contribution < -0.4 is 20.1 Å². The van der Waals surface area contributed by atoms with Gasteiger partial charge in [0.1, 0.15) is 0 Å². The first-order valence-electron chi connectivity index (χ1n) is 12.3. The van der Waals surface area contributed by atoms with E-state index in [0.29, 0.717) is 17.5 Å². The molecule has 0 aromatic heterocycles. The molecular formula is C25H43IN4O3. The molecule has 1 saturated carbocycles. The molecule has 1 aromatic rings. The Kier molecular flexibility index (Phi) is 12.6. The zero-order valence-corrected chi connectivity index (χ0v) is 22.8. The fourth-order valence-electron chi connectivity index (χ4n) is 4.85. The average molecular weight is 575 g/mol. The molecule has 33 heavy (non-hydrogen) atoms. The third-order valence-corrected chi connectivity index (χ3v) is 6.73. The van der Waals surface area contributed by atoms with Crippen LogP contribution in [0.25, 0.3) is 0 Å². The summed E-state index contributed by atoms with van der Waals surface area (Å²) in [7, 11) is 3.20. The molecule has 0 amide bonds. The number of aliphatic hydroxyl groups is 1. The van der Waals surface area contributed by atoms with Crippen molar-refractivity contribution in [2.24, 2.45) is 10.9 Å². The van der Waals surface area contributed by atoms with Crippen LogP contribution in [-0.4, -0.2) is 69.0 Å². The van der Waals surface area contributed by atoms with E-state index in [1.54, 1.807) is 20.3 Å². The molecule has 2 fully saturated rings. The van der Waals surface area contributed by atoms with E-state index < -0.39 is 6.10 Å². The van der Waals surface area contributed by atoms with Crippen molar-refractivity contribution in [1.29, 1.82) is 0 Å². The van der Waals surface area contributed by atoms with Gasteiger partial charge in [-0.25, -0.2) is 0 Å². The van der Waals surface area contributed by atoms with E-state index in [4.69, 9.17) is 9.47 Å². The number of benzene rings is 1. The summed E-state index contributed by atoms with van der Waals surface area (Å²) in [5.74, 6) is 2.94. The first kappa shape index (κ1) is 28.0. The normalized spacial score (nSPS) is 19.5. The lowest BCUT2D eigenvalue weighted by molar-refractivity contribution is 0.160. The highest BCUT2D eigenvalue weighted by molar-refractivity contribution is 14.0. The van der Waals surface area contributed by atoms with E-state index >= 15 is 0 Å². The average Bonchev–Trinajstić information content (AvgIpc) is 2.83. The molecule has 1 saturated heterocycles. The number of guanidine groups is 1. The van der Waals surface area contributed by atoms with Crippen molar-refractivity contribution in [1.82, 2.24) is 15.5 Å². The number of rotatable bonds is 9. The Labute approximate surface area is 216 Å². The Morgan fingerprint density at radius 2 is 1.79 bits per heavy atom. The molecule has 0 spiro atoms. The highest BCUT2D eigenvalue weighted by Gasteiger charge is 2.23. The first-order chi connectivity index (χ1) is 15.6. The van der Waals surface area contributed by atoms with Gasteiger partial charge in [0.15, 0.2) is 17.5 Å². The van der Waals surface area contributed by atoms with E-state index in [2.05, 4.69) is 27.4 Å². The summed E-state index contributed by atoms with van der Waals surface area (Å²) >= 11 is 0. The van der Waals surface area contributed by atoms with Gasteiger partial charge in [-0.1, -0.05) is 25.3 Å². The maximum absolute atomic E-state index is 10.7. The van der Waals surface area contributed by atoms with Crippen LogP contribution in [0.1, 0.15) is 63.5 Å². The largest absolute Gasteiger partial charge is 0.493 e. The molecule has 1 aliphatic carbocycles. The molecule has 1 aliphatic heterocycles. The van der Waals surface area contributed by atoms with Gasteiger partial charge < -0.3 is 30.1 Å². The number of nitrogens with one attached hydrogen (secondary N) is 2. The zero-order valence-electron chi connectivity index (χ0n) is 20.5. The molecule has 1 atom stereocenters. The van der Waals surface area contributed by atoms with Crippen molar-refractivity contribution < 1.29 is 14.6 Å². The standard InChI is InChI=1S/C25H42N4O3.HI/c1-4-26-25(27-17-22(30)20-10-11-23(31-2)24(16-20)32-3)28-21-12-14-29(15-13-21)18-19-8-6-5-7-9-19;/h10-11,16,19,21-22,30H,4-9,12-15,17-18H2,1-3H3,(H2,26,27,28);1H. The fourth-order valence-corrected chi connectivity index (χ4v) is 4.85. The molecule has 3 rings (SSSR count). The lowest BCUT2D eigenvalue weighted by atomic mass is 9.88. The van der Waals surface area contributed by atoms with E-state index in [0.717, 1.165) is 49.9 Å². The van der Waals surface area contributed by atoms with Crippen LogP contribution >= 0.6 is 24.0 Å². The maximum atomic E-state index is 10.7. The second kappa shape index (κ2) is 14.9. The topological polar surface area (TPSA) is 78.4 Å². The summed E-state index contributed by atoms with van der Waals surface area (Å²) in [6.45, 7) is 6.72. The number of halogens is 1. The van der Waals surface area contributed by atoms with Crippen molar-refractivity contribution in [2.45, 2.75) is 64.0 Å². The van der Waals surface area contributed by atoms with Gasteiger partial charge in [-0.15, -0.1) is 24.0 Å². The van der Waals surface area contributed by atoms with Crippen molar-refractivity contribution in [3.63, 3.8) is 0 Å². The Balaban J connectivity index is 0.00000385. The van der Waals surface area contributed by atoms with Crippen LogP contribution in [0, 0.1) is 5.92 Å². The molecule has 1 heterocycles. The van der Waals surface area contributed by atoms with Gasteiger partial charge in [0.2, 0.25) is 0 Å². The van der Waals surface area contributed by atoms with Crippen LogP contribution in [0.4, 0.5) is 0 Å². The van der Waals surface area contributed by atoms with Crippen molar-refractivity contribution in [3.05, 3.63) is 23.8 Å². The number of piperidine rings is 1. The van der Waals surface area contributed by atoms with E-state index in [1.807, 2.05) is 12.1 Å². The Hall–Kier alpha value is -1.26. The second-order valence-corrected chi connectivity index (χ2v) is 9.07. The Morgan fingerprint density at radius 3 is 2.42 bits per heavy atom. The third-order valence-electron chi connectivity index (χ3n) is 6.73. The van der Waals surface area contributed by atoms with Gasteiger partial charge >= 0.3 is 0 Å². The summed E-state index contributed by atoms with van der Waals surface area (Å²) in [6.07, 6.45) is 8.65. The Morgan fingerprint density at radius 1 is 1.09 bits per heavy atom. The lowest BCUT2D eigenvalue weighted by Crippen LogP contribution is -2.49. The molecule has 1 unspecified atom stereocenters. The van der Waals surface area contributed by atoms with Crippen LogP contribution in [0.5, 0.6) is 11.5 Å². The van der Waals surface area contributed by atoms with Gasteiger partial charge in [-0.05, 0) is 56.2 Å². The van der Waals surface area contributed by atoms with Gasteiger partial charge in [-0.2, -0.15) is 0 Å². The lowest BCUT2D eigenvalue weighted by Gasteiger charge is -2.36. The van der Waals surface area contributed by atoms with Crippen LogP contribution in [-0.2, 0) is 0 Å². The zero-order chi connectivity index (χ0) is 22.8. The van der Waals surface area contributed by atoms with Gasteiger partial charge in [0.25, 0.3) is 0 Å². The second-order valence-electron chi connectivity index (χ2n) is 9.07. The summed E-state index contributed by atoms with van der Waals surface area (Å²) in [4.78, 5) is 7.31. The molecular weight excluding hydrogens is 531 g/mol. The maximum Gasteiger partial charge on any atom is 0.191 e. The minimum Gasteiger partial charge on any atom is -0.493 e. The first-order valence-corrected chi connectivity index (χ1v) is 12.3. The SMILES string of the molecule is CCNC(=NCC(O)c1ccc(OC)c(OC)c1)NC1CCN(CC2CCCCC2)CC1.I. The van der Waals surface area contributed by atoms with Crippen LogP contribution in [0.15, 0.2) is 23.2 Å². The summed E-state index contributed by atoms with van der Waals surface area (Å²) < 4.78 is 10.6. The van der Waals surface area contributed by atoms with E-state index in [1.165, 1.54) is 38.6 Å². The smallest absolute Gasteiger partial charge is 0.191 e. The van der Waals surface area contributed by atoms with Gasteiger partial charge in [0, 0.05) is 32.2 Å². The molecule has 1 aromatic carbocycles. The number of ether oxygens (including phenoxy) is 2. The molecule has 188 valence electrons. The van der Waals surface area contributed by atoms with Gasteiger partial charge in [0.05, 0.1) is 26.9 Å². The van der Waals surface area contributed by atoms with Gasteiger partial charge in [-0.3, -0.25) is 4.99 Å². The summed E-state index contributed by atoms with van der Waals surface area (Å²) in [5, 5.41) is 17.6. The molecule has 3 N–H and O–H groups in total. The molecule has 7 nitrogen and oxygen atoms in total. The highest BCUT2D eigenvalue weighted by Crippen LogP contribution is 2.30. The number of aliphatic hydroxyl groups excluding tert-OH is 1. The highest BCUT2D eigenvalue weighted by atomic mass is 127. The summed E-state index contributed by atoms with van der Waals surface area (Å²) in [5.41, 5.74) is 0.762. The summed E-state index contributed by atoms with van der Waals surface area (Å²) in [6, 6.07) is 5.89. The number of methoxy groups -OCH3 is 2. The number of hydrogen-bond acceptors (Lipinski definition) is 5. The van der Waals surface area contributed by atoms with E-state index in [9.17, 15) is 5.11 Å². The quantitative estimate of drug-likeness (QED) is 0.236. The van der Waals surface area contributed by atoms with E-state index in [-0.39, 0.29) is 30.5 Å². The van der Waals surface area contributed by atoms with Crippen molar-refractivity contribution >= 4 is 29.9 Å². The molecule has 8 heteroatoms. The molecule has 0 radical (unpaired) electrons. The fraction of sp³-hybridized carbons (Fsp3) is 0.720. The number of hydrogen-bond donors (Lipinski definition) is 3. The van der Waals surface area contributed by atoms with Crippen molar-refractivity contribution in [2.75, 3.05) is 46.9 Å². The minimum atomic E-state index is -0.706. The molecule has 2 aliphatic rings. The Bertz CT molecular complexity index is 720.